The molecule has 2 aliphatic rings. The predicted molar refractivity (Wildman–Crippen MR) is 66.6 cm³/mol. The average molecular weight is 235 g/mol. The molecular weight excluding hydrogens is 218 g/mol. The number of fused-ring (bicyclic) bond motifs is 1. The molecule has 86 valence electrons. The molecule has 0 aromatic carbocycles. The lowest BCUT2D eigenvalue weighted by atomic mass is 9.98. The number of hydrogen-bond donors (Lipinski definition) is 1. The highest BCUT2D eigenvalue weighted by molar-refractivity contribution is 7.98. The van der Waals surface area contributed by atoms with E-state index >= 15 is 0 Å². The van der Waals surface area contributed by atoms with Gasteiger partial charge in [-0.25, -0.2) is 9.97 Å². The lowest BCUT2D eigenvalue weighted by Crippen LogP contribution is -2.29. The van der Waals surface area contributed by atoms with E-state index in [0.717, 1.165) is 30.4 Å². The topological polar surface area (TPSA) is 37.8 Å². The van der Waals surface area contributed by atoms with Crippen molar-refractivity contribution in [1.82, 2.24) is 15.3 Å². The van der Waals surface area contributed by atoms with E-state index in [1.165, 1.54) is 29.8 Å². The van der Waals surface area contributed by atoms with Gasteiger partial charge in [-0.05, 0) is 26.3 Å². The Morgan fingerprint density at radius 2 is 2.25 bits per heavy atom. The fourth-order valence-corrected chi connectivity index (χ4v) is 3.60. The molecule has 1 aromatic heterocycles. The second kappa shape index (κ2) is 4.34. The maximum Gasteiger partial charge on any atom is 0.133 e. The second-order valence-corrected chi connectivity index (χ2v) is 5.61. The summed E-state index contributed by atoms with van der Waals surface area (Å²) in [5, 5.41) is 3.44. The number of piperidine rings is 1. The van der Waals surface area contributed by atoms with Crippen molar-refractivity contribution in [3.8, 4) is 0 Å². The first-order valence-corrected chi connectivity index (χ1v) is 7.15. The van der Waals surface area contributed by atoms with E-state index in [1.807, 2.05) is 11.8 Å². The summed E-state index contributed by atoms with van der Waals surface area (Å²) >= 11 is 1.95. The molecule has 1 aromatic rings. The number of nitrogens with one attached hydrogen (secondary N) is 1. The Morgan fingerprint density at radius 3 is 3.06 bits per heavy atom. The predicted octanol–water partition coefficient (Wildman–Crippen LogP) is 2.00. The van der Waals surface area contributed by atoms with Crippen LogP contribution in [0.4, 0.5) is 0 Å². The summed E-state index contributed by atoms with van der Waals surface area (Å²) in [6.45, 7) is 4.33. The van der Waals surface area contributed by atoms with Crippen molar-refractivity contribution in [2.45, 2.75) is 37.2 Å². The molecule has 3 heterocycles. The van der Waals surface area contributed by atoms with E-state index in [4.69, 9.17) is 9.97 Å². The third-order valence-corrected chi connectivity index (χ3v) is 4.43. The van der Waals surface area contributed by atoms with Crippen LogP contribution in [-0.4, -0.2) is 23.1 Å². The van der Waals surface area contributed by atoms with Gasteiger partial charge in [0.25, 0.3) is 0 Å². The van der Waals surface area contributed by atoms with E-state index in [0.29, 0.717) is 5.92 Å². The molecule has 3 rings (SSSR count). The summed E-state index contributed by atoms with van der Waals surface area (Å²) in [6, 6.07) is 0. The molecule has 1 unspecified atom stereocenters. The van der Waals surface area contributed by atoms with Crippen LogP contribution in [0.3, 0.4) is 0 Å². The molecule has 0 amide bonds. The van der Waals surface area contributed by atoms with Crippen molar-refractivity contribution in [3.63, 3.8) is 0 Å². The summed E-state index contributed by atoms with van der Waals surface area (Å²) in [7, 11) is 0. The Bertz CT molecular complexity index is 399. The molecule has 16 heavy (non-hydrogen) atoms. The molecule has 0 radical (unpaired) electrons. The van der Waals surface area contributed by atoms with Crippen LogP contribution in [-0.2, 0) is 11.5 Å². The number of thioether (sulfide) groups is 1. The summed E-state index contributed by atoms with van der Waals surface area (Å²) in [6.07, 6.45) is 2.48. The van der Waals surface area contributed by atoms with Gasteiger partial charge in [-0.3, -0.25) is 0 Å². The largest absolute Gasteiger partial charge is 0.316 e. The van der Waals surface area contributed by atoms with Gasteiger partial charge in [0.2, 0.25) is 0 Å². The maximum atomic E-state index is 4.77. The lowest BCUT2D eigenvalue weighted by Gasteiger charge is -2.22. The molecule has 0 spiro atoms. The van der Waals surface area contributed by atoms with Gasteiger partial charge in [0, 0.05) is 35.2 Å². The number of hydrogen-bond acceptors (Lipinski definition) is 4. The van der Waals surface area contributed by atoms with E-state index in [9.17, 15) is 0 Å². The number of rotatable bonds is 1. The minimum atomic E-state index is 0.531. The summed E-state index contributed by atoms with van der Waals surface area (Å²) in [4.78, 5) is 9.47. The van der Waals surface area contributed by atoms with Crippen molar-refractivity contribution in [3.05, 3.63) is 22.8 Å². The highest BCUT2D eigenvalue weighted by atomic mass is 32.2. The van der Waals surface area contributed by atoms with Crippen molar-refractivity contribution in [1.29, 1.82) is 0 Å². The molecule has 1 fully saturated rings. The molecule has 0 aliphatic carbocycles. The van der Waals surface area contributed by atoms with Gasteiger partial charge in [0.1, 0.15) is 5.82 Å². The zero-order valence-electron chi connectivity index (χ0n) is 9.62. The van der Waals surface area contributed by atoms with Crippen LogP contribution in [0, 0.1) is 6.92 Å². The first-order chi connectivity index (χ1) is 7.84. The Hall–Kier alpha value is -0.610. The van der Waals surface area contributed by atoms with E-state index in [-0.39, 0.29) is 0 Å². The third kappa shape index (κ3) is 1.84. The lowest BCUT2D eigenvalue weighted by molar-refractivity contribution is 0.445. The molecule has 0 bridgehead atoms. The Kier molecular flexibility index (Phi) is 2.86. The van der Waals surface area contributed by atoms with Crippen LogP contribution in [0.2, 0.25) is 0 Å². The quantitative estimate of drug-likeness (QED) is 0.808. The third-order valence-electron chi connectivity index (χ3n) is 3.46. The number of aryl methyl sites for hydroxylation is 1. The van der Waals surface area contributed by atoms with Crippen LogP contribution >= 0.6 is 11.8 Å². The Morgan fingerprint density at radius 1 is 1.31 bits per heavy atom. The van der Waals surface area contributed by atoms with E-state index in [2.05, 4.69) is 12.2 Å². The minimum Gasteiger partial charge on any atom is -0.316 e. The van der Waals surface area contributed by atoms with Crippen molar-refractivity contribution >= 4 is 11.8 Å². The zero-order valence-corrected chi connectivity index (χ0v) is 10.4. The molecule has 1 N–H and O–H groups in total. The van der Waals surface area contributed by atoms with Gasteiger partial charge in [-0.1, -0.05) is 0 Å². The maximum absolute atomic E-state index is 4.77. The molecule has 4 heteroatoms. The van der Waals surface area contributed by atoms with Gasteiger partial charge in [-0.15, -0.1) is 0 Å². The number of nitrogens with zero attached hydrogens (tertiary/aromatic N) is 2. The second-order valence-electron chi connectivity index (χ2n) is 4.63. The van der Waals surface area contributed by atoms with Gasteiger partial charge in [0.15, 0.2) is 0 Å². The smallest absolute Gasteiger partial charge is 0.133 e. The van der Waals surface area contributed by atoms with Crippen molar-refractivity contribution in [2.24, 2.45) is 0 Å². The minimum absolute atomic E-state index is 0.531. The van der Waals surface area contributed by atoms with Crippen molar-refractivity contribution < 1.29 is 0 Å². The SMILES string of the molecule is Cc1nc(C2CCCNC2)nc2c1CSC2. The summed E-state index contributed by atoms with van der Waals surface area (Å²) < 4.78 is 0. The van der Waals surface area contributed by atoms with Crippen LogP contribution < -0.4 is 5.32 Å². The standard InChI is InChI=1S/C12H17N3S/c1-8-10-6-16-7-11(10)15-12(14-8)9-3-2-4-13-5-9/h9,13H,2-7H2,1H3. The van der Waals surface area contributed by atoms with E-state index in [1.54, 1.807) is 0 Å². The van der Waals surface area contributed by atoms with Crippen molar-refractivity contribution in [2.75, 3.05) is 13.1 Å². The van der Waals surface area contributed by atoms with Crippen LogP contribution in [0.25, 0.3) is 0 Å². The van der Waals surface area contributed by atoms with Crippen LogP contribution in [0.15, 0.2) is 0 Å². The fourth-order valence-electron chi connectivity index (χ4n) is 2.49. The number of aromatic nitrogens is 2. The molecule has 0 saturated carbocycles. The highest BCUT2D eigenvalue weighted by Gasteiger charge is 2.22. The van der Waals surface area contributed by atoms with Gasteiger partial charge >= 0.3 is 0 Å². The van der Waals surface area contributed by atoms with Crippen LogP contribution in [0.5, 0.6) is 0 Å². The Labute approximate surface area is 100 Å². The normalized spacial score (nSPS) is 24.4. The highest BCUT2D eigenvalue weighted by Crippen LogP contribution is 2.31. The van der Waals surface area contributed by atoms with E-state index < -0.39 is 0 Å². The van der Waals surface area contributed by atoms with Gasteiger partial charge in [0.05, 0.1) is 5.69 Å². The van der Waals surface area contributed by atoms with Gasteiger partial charge in [-0.2, -0.15) is 11.8 Å². The zero-order chi connectivity index (χ0) is 11.0. The summed E-state index contributed by atoms with van der Waals surface area (Å²) in [5.74, 6) is 3.78. The average Bonchev–Trinajstić information content (AvgIpc) is 2.79. The summed E-state index contributed by atoms with van der Waals surface area (Å²) in [5.41, 5.74) is 3.88. The monoisotopic (exact) mass is 235 g/mol. The first-order valence-electron chi connectivity index (χ1n) is 5.99. The first kappa shape index (κ1) is 10.5. The molecule has 1 atom stereocenters. The Balaban J connectivity index is 1.92. The van der Waals surface area contributed by atoms with Crippen LogP contribution in [0.1, 0.15) is 41.5 Å². The molecule has 1 saturated heterocycles. The fraction of sp³-hybridized carbons (Fsp3) is 0.667. The molecule has 2 aliphatic heterocycles. The molecule has 3 nitrogen and oxygen atoms in total. The van der Waals surface area contributed by atoms with Gasteiger partial charge < -0.3 is 5.32 Å². The molecular formula is C12H17N3S.